The fraction of sp³-hybridized carbons (Fsp3) is 0.588. The normalized spacial score (nSPS) is 18.0. The van der Waals surface area contributed by atoms with Gasteiger partial charge in [-0.05, 0) is 45.5 Å². The van der Waals surface area contributed by atoms with Crippen molar-refractivity contribution in [3.63, 3.8) is 0 Å². The molecule has 1 unspecified atom stereocenters. The number of methoxy groups -OCH3 is 2. The van der Waals surface area contributed by atoms with Gasteiger partial charge >= 0.3 is 0 Å². The summed E-state index contributed by atoms with van der Waals surface area (Å²) in [5.41, 5.74) is 0.919. The van der Waals surface area contributed by atoms with E-state index in [1.54, 1.807) is 14.2 Å². The maximum atomic E-state index is 5.34. The van der Waals surface area contributed by atoms with Crippen molar-refractivity contribution in [2.75, 3.05) is 46.2 Å². The summed E-state index contributed by atoms with van der Waals surface area (Å²) < 4.78 is 10.6. The van der Waals surface area contributed by atoms with E-state index in [4.69, 9.17) is 14.5 Å². The molecule has 0 aliphatic carbocycles. The van der Waals surface area contributed by atoms with Crippen LogP contribution >= 0.6 is 24.0 Å². The Morgan fingerprint density at radius 1 is 1.29 bits per heavy atom. The number of nitrogens with one attached hydrogen (secondary N) is 2. The fourth-order valence-corrected chi connectivity index (χ4v) is 2.76. The molecule has 7 heteroatoms. The Kier molecular flexibility index (Phi) is 9.20. The number of rotatable bonds is 6. The van der Waals surface area contributed by atoms with Crippen molar-refractivity contribution in [2.24, 2.45) is 4.99 Å². The van der Waals surface area contributed by atoms with Gasteiger partial charge in [0.25, 0.3) is 0 Å². The second-order valence-corrected chi connectivity index (χ2v) is 5.69. The number of benzene rings is 1. The van der Waals surface area contributed by atoms with Crippen LogP contribution < -0.4 is 20.1 Å². The van der Waals surface area contributed by atoms with Gasteiger partial charge in [0.2, 0.25) is 0 Å². The fourth-order valence-electron chi connectivity index (χ4n) is 2.76. The third-order valence-corrected chi connectivity index (χ3v) is 4.12. The number of hydrogen-bond donors (Lipinski definition) is 2. The van der Waals surface area contributed by atoms with Crippen LogP contribution in [-0.4, -0.2) is 57.8 Å². The SMILES string of the molecule is CCNC(=NCC1CCCN1C)Nc1ccc(OC)c(OC)c1.I. The number of nitrogens with zero attached hydrogens (tertiary/aromatic N) is 2. The van der Waals surface area contributed by atoms with Crippen LogP contribution in [0.5, 0.6) is 11.5 Å². The first kappa shape index (κ1) is 20.8. The molecule has 1 aromatic rings. The van der Waals surface area contributed by atoms with Gasteiger partial charge in [0.1, 0.15) is 0 Å². The molecule has 136 valence electrons. The lowest BCUT2D eigenvalue weighted by atomic mass is 10.2. The minimum absolute atomic E-state index is 0. The molecule has 24 heavy (non-hydrogen) atoms. The molecule has 1 aromatic carbocycles. The van der Waals surface area contributed by atoms with Crippen molar-refractivity contribution in [3.8, 4) is 11.5 Å². The van der Waals surface area contributed by atoms with Crippen LogP contribution in [0.3, 0.4) is 0 Å². The molecule has 2 N–H and O–H groups in total. The Labute approximate surface area is 162 Å². The van der Waals surface area contributed by atoms with E-state index in [0.29, 0.717) is 17.5 Å². The quantitative estimate of drug-likeness (QED) is 0.398. The molecule has 1 atom stereocenters. The molecular weight excluding hydrogens is 419 g/mol. The molecule has 1 heterocycles. The van der Waals surface area contributed by atoms with Crippen LogP contribution in [0.25, 0.3) is 0 Å². The van der Waals surface area contributed by atoms with Gasteiger partial charge in [-0.15, -0.1) is 24.0 Å². The van der Waals surface area contributed by atoms with Gasteiger partial charge in [0.05, 0.1) is 20.8 Å². The van der Waals surface area contributed by atoms with Crippen LogP contribution in [0.1, 0.15) is 19.8 Å². The molecule has 6 nitrogen and oxygen atoms in total. The Balaban J connectivity index is 0.00000288. The Bertz CT molecular complexity index is 539. The van der Waals surface area contributed by atoms with Gasteiger partial charge in [-0.2, -0.15) is 0 Å². The number of aliphatic imine (C=N–C) groups is 1. The highest BCUT2D eigenvalue weighted by Gasteiger charge is 2.20. The zero-order valence-electron chi connectivity index (χ0n) is 15.0. The third kappa shape index (κ3) is 5.70. The molecule has 2 rings (SSSR count). The van der Waals surface area contributed by atoms with Gasteiger partial charge < -0.3 is 25.0 Å². The summed E-state index contributed by atoms with van der Waals surface area (Å²) in [6.45, 7) is 4.85. The van der Waals surface area contributed by atoms with Crippen LogP contribution in [0.2, 0.25) is 0 Å². The second kappa shape index (κ2) is 10.6. The number of anilines is 1. The molecule has 0 bridgehead atoms. The van der Waals surface area contributed by atoms with E-state index in [-0.39, 0.29) is 24.0 Å². The van der Waals surface area contributed by atoms with Gasteiger partial charge in [0.15, 0.2) is 17.5 Å². The summed E-state index contributed by atoms with van der Waals surface area (Å²) >= 11 is 0. The van der Waals surface area contributed by atoms with Crippen molar-refractivity contribution in [3.05, 3.63) is 18.2 Å². The minimum Gasteiger partial charge on any atom is -0.493 e. The lowest BCUT2D eigenvalue weighted by Crippen LogP contribution is -2.33. The maximum Gasteiger partial charge on any atom is 0.195 e. The Hall–Kier alpha value is -1.22. The molecule has 1 saturated heterocycles. The first-order valence-corrected chi connectivity index (χ1v) is 8.15. The van der Waals surface area contributed by atoms with Gasteiger partial charge in [-0.3, -0.25) is 4.99 Å². The molecule has 0 radical (unpaired) electrons. The highest BCUT2D eigenvalue weighted by molar-refractivity contribution is 14.0. The Morgan fingerprint density at radius 3 is 2.62 bits per heavy atom. The highest BCUT2D eigenvalue weighted by atomic mass is 127. The molecule has 0 aromatic heterocycles. The smallest absolute Gasteiger partial charge is 0.195 e. The van der Waals surface area contributed by atoms with Crippen molar-refractivity contribution in [1.29, 1.82) is 0 Å². The van der Waals surface area contributed by atoms with Gasteiger partial charge in [0, 0.05) is 24.3 Å². The van der Waals surface area contributed by atoms with Gasteiger partial charge in [-0.1, -0.05) is 0 Å². The minimum atomic E-state index is 0. The van der Waals surface area contributed by atoms with E-state index in [1.165, 1.54) is 19.4 Å². The third-order valence-electron chi connectivity index (χ3n) is 4.12. The number of likely N-dealkylation sites (N-methyl/N-ethyl adjacent to an activating group) is 1. The van der Waals surface area contributed by atoms with E-state index >= 15 is 0 Å². The van der Waals surface area contributed by atoms with Crippen molar-refractivity contribution >= 4 is 35.6 Å². The predicted molar refractivity (Wildman–Crippen MR) is 110 cm³/mol. The van der Waals surface area contributed by atoms with E-state index in [2.05, 4.69) is 29.5 Å². The van der Waals surface area contributed by atoms with Crippen molar-refractivity contribution < 1.29 is 9.47 Å². The van der Waals surface area contributed by atoms with E-state index in [1.807, 2.05) is 18.2 Å². The standard InChI is InChI=1S/C17H28N4O2.HI/c1-5-18-17(19-12-14-7-6-10-21(14)2)20-13-8-9-15(22-3)16(11-13)23-4;/h8-9,11,14H,5-7,10,12H2,1-4H3,(H2,18,19,20);1H. The molecular formula is C17H29IN4O2. The summed E-state index contributed by atoms with van der Waals surface area (Å²) in [7, 11) is 5.44. The van der Waals surface area contributed by atoms with Crippen LogP contribution in [0, 0.1) is 0 Å². The van der Waals surface area contributed by atoms with E-state index in [9.17, 15) is 0 Å². The lowest BCUT2D eigenvalue weighted by molar-refractivity contribution is 0.317. The number of hydrogen-bond acceptors (Lipinski definition) is 4. The molecule has 0 saturated carbocycles. The van der Waals surface area contributed by atoms with Crippen molar-refractivity contribution in [1.82, 2.24) is 10.2 Å². The Morgan fingerprint density at radius 2 is 2.04 bits per heavy atom. The van der Waals surface area contributed by atoms with Crippen LogP contribution in [0.4, 0.5) is 5.69 Å². The predicted octanol–water partition coefficient (Wildman–Crippen LogP) is 2.79. The summed E-state index contributed by atoms with van der Waals surface area (Å²) in [5.74, 6) is 2.21. The summed E-state index contributed by atoms with van der Waals surface area (Å²) in [4.78, 5) is 7.10. The van der Waals surface area contributed by atoms with Crippen LogP contribution in [0.15, 0.2) is 23.2 Å². The topological polar surface area (TPSA) is 58.1 Å². The monoisotopic (exact) mass is 448 g/mol. The molecule has 0 amide bonds. The first-order valence-electron chi connectivity index (χ1n) is 8.15. The molecule has 1 aliphatic heterocycles. The number of guanidine groups is 1. The maximum absolute atomic E-state index is 5.34. The zero-order chi connectivity index (χ0) is 16.7. The molecule has 0 spiro atoms. The van der Waals surface area contributed by atoms with Crippen LogP contribution in [-0.2, 0) is 0 Å². The largest absolute Gasteiger partial charge is 0.493 e. The first-order chi connectivity index (χ1) is 11.2. The summed E-state index contributed by atoms with van der Waals surface area (Å²) in [6, 6.07) is 6.29. The molecule has 1 aliphatic rings. The number of ether oxygens (including phenoxy) is 2. The number of halogens is 1. The van der Waals surface area contributed by atoms with Crippen molar-refractivity contribution in [2.45, 2.75) is 25.8 Å². The zero-order valence-corrected chi connectivity index (χ0v) is 17.3. The lowest BCUT2D eigenvalue weighted by Gasteiger charge is -2.18. The average molecular weight is 448 g/mol. The average Bonchev–Trinajstić information content (AvgIpc) is 2.97. The second-order valence-electron chi connectivity index (χ2n) is 5.69. The number of likely N-dealkylation sites (tertiary alicyclic amines) is 1. The summed E-state index contributed by atoms with van der Waals surface area (Å²) in [6.07, 6.45) is 2.48. The van der Waals surface area contributed by atoms with E-state index in [0.717, 1.165) is 24.7 Å². The summed E-state index contributed by atoms with van der Waals surface area (Å²) in [5, 5.41) is 6.61. The highest BCUT2D eigenvalue weighted by Crippen LogP contribution is 2.29. The molecule has 1 fully saturated rings. The van der Waals surface area contributed by atoms with Gasteiger partial charge in [-0.25, -0.2) is 0 Å². The van der Waals surface area contributed by atoms with E-state index < -0.39 is 0 Å².